The van der Waals surface area contributed by atoms with Gasteiger partial charge in [-0.25, -0.2) is 4.39 Å². The van der Waals surface area contributed by atoms with E-state index in [2.05, 4.69) is 4.98 Å². The van der Waals surface area contributed by atoms with Gasteiger partial charge in [-0.15, -0.1) is 0 Å². The predicted molar refractivity (Wildman–Crippen MR) is 89.4 cm³/mol. The Hall–Kier alpha value is -2.43. The second kappa shape index (κ2) is 7.90. The van der Waals surface area contributed by atoms with Crippen LogP contribution in [0.15, 0.2) is 48.8 Å². The largest absolute Gasteiger partial charge is 0.493 e. The van der Waals surface area contributed by atoms with Crippen molar-refractivity contribution < 1.29 is 13.9 Å². The fraction of sp³-hybridized carbons (Fsp3) is 0.368. The number of piperidine rings is 1. The number of pyridine rings is 1. The van der Waals surface area contributed by atoms with Crippen molar-refractivity contribution in [3.05, 3.63) is 60.2 Å². The minimum atomic E-state index is -0.282. The molecule has 0 radical (unpaired) electrons. The Bertz CT molecular complexity index is 670. The number of rotatable bonds is 5. The van der Waals surface area contributed by atoms with E-state index in [0.29, 0.717) is 23.8 Å². The summed E-state index contributed by atoms with van der Waals surface area (Å²) in [7, 11) is 0. The third kappa shape index (κ3) is 4.31. The normalized spacial score (nSPS) is 15.3. The van der Waals surface area contributed by atoms with Crippen molar-refractivity contribution in [2.45, 2.75) is 19.3 Å². The molecule has 1 aromatic heterocycles. The van der Waals surface area contributed by atoms with E-state index in [-0.39, 0.29) is 11.7 Å². The lowest BCUT2D eigenvalue weighted by atomic mass is 9.93. The SMILES string of the molecule is O=C(c1ccncc1)N1CCC(CCOc2cccc(F)c2)CC1. The quantitative estimate of drug-likeness (QED) is 0.843. The summed E-state index contributed by atoms with van der Waals surface area (Å²) < 4.78 is 18.7. The topological polar surface area (TPSA) is 42.4 Å². The number of carbonyl (C=O) groups excluding carboxylic acids is 1. The molecule has 1 saturated heterocycles. The Morgan fingerprint density at radius 1 is 1.21 bits per heavy atom. The molecule has 24 heavy (non-hydrogen) atoms. The lowest BCUT2D eigenvalue weighted by molar-refractivity contribution is 0.0680. The summed E-state index contributed by atoms with van der Waals surface area (Å²) >= 11 is 0. The highest BCUT2D eigenvalue weighted by molar-refractivity contribution is 5.94. The van der Waals surface area contributed by atoms with Gasteiger partial charge in [-0.1, -0.05) is 6.07 Å². The number of aromatic nitrogens is 1. The summed E-state index contributed by atoms with van der Waals surface area (Å²) in [5.41, 5.74) is 0.692. The third-order valence-electron chi connectivity index (χ3n) is 4.42. The maximum absolute atomic E-state index is 13.1. The van der Waals surface area contributed by atoms with Crippen LogP contribution in [0.2, 0.25) is 0 Å². The smallest absolute Gasteiger partial charge is 0.253 e. The van der Waals surface area contributed by atoms with Crippen LogP contribution >= 0.6 is 0 Å². The maximum Gasteiger partial charge on any atom is 0.253 e. The van der Waals surface area contributed by atoms with Crippen LogP contribution in [0.3, 0.4) is 0 Å². The molecule has 0 spiro atoms. The summed E-state index contributed by atoms with van der Waals surface area (Å²) in [6.45, 7) is 2.12. The molecule has 1 aliphatic rings. The highest BCUT2D eigenvalue weighted by Gasteiger charge is 2.23. The van der Waals surface area contributed by atoms with Crippen LogP contribution in [-0.2, 0) is 0 Å². The number of likely N-dealkylation sites (tertiary alicyclic amines) is 1. The first-order valence-corrected chi connectivity index (χ1v) is 8.30. The average molecular weight is 328 g/mol. The molecule has 1 fully saturated rings. The monoisotopic (exact) mass is 328 g/mol. The number of carbonyl (C=O) groups is 1. The van der Waals surface area contributed by atoms with Gasteiger partial charge in [0.25, 0.3) is 5.91 Å². The zero-order valence-electron chi connectivity index (χ0n) is 13.5. The minimum absolute atomic E-state index is 0.0758. The molecule has 126 valence electrons. The van der Waals surface area contributed by atoms with Gasteiger partial charge in [0, 0.05) is 37.1 Å². The molecule has 5 heteroatoms. The summed E-state index contributed by atoms with van der Waals surface area (Å²) in [5.74, 6) is 0.905. The molecule has 0 N–H and O–H groups in total. The van der Waals surface area contributed by atoms with E-state index in [1.54, 1.807) is 36.7 Å². The molecule has 4 nitrogen and oxygen atoms in total. The van der Waals surface area contributed by atoms with E-state index in [1.165, 1.54) is 12.1 Å². The lowest BCUT2D eigenvalue weighted by Crippen LogP contribution is -2.38. The van der Waals surface area contributed by atoms with Crippen molar-refractivity contribution in [3.63, 3.8) is 0 Å². The summed E-state index contributed by atoms with van der Waals surface area (Å²) in [6, 6.07) is 9.72. The number of amides is 1. The zero-order chi connectivity index (χ0) is 16.8. The first-order chi connectivity index (χ1) is 11.7. The fourth-order valence-corrected chi connectivity index (χ4v) is 3.00. The predicted octanol–water partition coefficient (Wildman–Crippen LogP) is 3.54. The van der Waals surface area contributed by atoms with Crippen molar-refractivity contribution >= 4 is 5.91 Å². The van der Waals surface area contributed by atoms with Crippen LogP contribution in [0.1, 0.15) is 29.6 Å². The van der Waals surface area contributed by atoms with Crippen molar-refractivity contribution in [1.29, 1.82) is 0 Å². The van der Waals surface area contributed by atoms with Crippen LogP contribution in [0.4, 0.5) is 4.39 Å². The van der Waals surface area contributed by atoms with E-state index >= 15 is 0 Å². The Morgan fingerprint density at radius 2 is 1.96 bits per heavy atom. The Morgan fingerprint density at radius 3 is 2.67 bits per heavy atom. The van der Waals surface area contributed by atoms with Crippen molar-refractivity contribution in [1.82, 2.24) is 9.88 Å². The Kier molecular flexibility index (Phi) is 5.41. The molecule has 3 rings (SSSR count). The molecule has 0 unspecified atom stereocenters. The number of ether oxygens (including phenoxy) is 1. The van der Waals surface area contributed by atoms with Crippen LogP contribution in [0, 0.1) is 11.7 Å². The van der Waals surface area contributed by atoms with Crippen LogP contribution in [0.25, 0.3) is 0 Å². The summed E-state index contributed by atoms with van der Waals surface area (Å²) in [6.07, 6.45) is 6.16. The molecular weight excluding hydrogens is 307 g/mol. The number of halogens is 1. The van der Waals surface area contributed by atoms with Gasteiger partial charge >= 0.3 is 0 Å². The molecule has 0 saturated carbocycles. The van der Waals surface area contributed by atoms with Crippen molar-refractivity contribution in [2.24, 2.45) is 5.92 Å². The molecule has 2 heterocycles. The van der Waals surface area contributed by atoms with E-state index < -0.39 is 0 Å². The first-order valence-electron chi connectivity index (χ1n) is 8.30. The second-order valence-corrected chi connectivity index (χ2v) is 6.07. The Balaban J connectivity index is 1.41. The maximum atomic E-state index is 13.1. The number of hydrogen-bond acceptors (Lipinski definition) is 3. The standard InChI is InChI=1S/C19H21FN2O2/c20-17-2-1-3-18(14-17)24-13-8-15-6-11-22(12-7-15)19(23)16-4-9-21-10-5-16/h1-5,9-10,14-15H,6-8,11-13H2. The van der Waals surface area contributed by atoms with Gasteiger partial charge in [0.05, 0.1) is 6.61 Å². The first kappa shape index (κ1) is 16.4. The molecule has 1 aromatic carbocycles. The second-order valence-electron chi connectivity index (χ2n) is 6.07. The van der Waals surface area contributed by atoms with E-state index in [1.807, 2.05) is 4.90 Å². The third-order valence-corrected chi connectivity index (χ3v) is 4.42. The van der Waals surface area contributed by atoms with Crippen molar-refractivity contribution in [3.8, 4) is 5.75 Å². The van der Waals surface area contributed by atoms with Crippen LogP contribution in [-0.4, -0.2) is 35.5 Å². The average Bonchev–Trinajstić information content (AvgIpc) is 2.63. The summed E-state index contributed by atoms with van der Waals surface area (Å²) in [5, 5.41) is 0. The highest BCUT2D eigenvalue weighted by Crippen LogP contribution is 2.22. The molecule has 1 aliphatic heterocycles. The van der Waals surface area contributed by atoms with E-state index in [9.17, 15) is 9.18 Å². The fourth-order valence-electron chi connectivity index (χ4n) is 3.00. The number of benzene rings is 1. The molecule has 0 aliphatic carbocycles. The van der Waals surface area contributed by atoms with Gasteiger partial charge in [0.1, 0.15) is 11.6 Å². The van der Waals surface area contributed by atoms with Crippen LogP contribution in [0.5, 0.6) is 5.75 Å². The summed E-state index contributed by atoms with van der Waals surface area (Å²) in [4.78, 5) is 18.2. The van der Waals surface area contributed by atoms with Crippen molar-refractivity contribution in [2.75, 3.05) is 19.7 Å². The molecule has 0 bridgehead atoms. The van der Waals surface area contributed by atoms with Gasteiger partial charge in [0.15, 0.2) is 0 Å². The molecule has 0 atom stereocenters. The van der Waals surface area contributed by atoms with Gasteiger partial charge in [-0.2, -0.15) is 0 Å². The van der Waals surface area contributed by atoms with Gasteiger partial charge in [0.2, 0.25) is 0 Å². The van der Waals surface area contributed by atoms with E-state index in [4.69, 9.17) is 4.74 Å². The van der Waals surface area contributed by atoms with E-state index in [0.717, 1.165) is 32.4 Å². The van der Waals surface area contributed by atoms with Crippen LogP contribution < -0.4 is 4.74 Å². The molecular formula is C19H21FN2O2. The highest BCUT2D eigenvalue weighted by atomic mass is 19.1. The van der Waals surface area contributed by atoms with Gasteiger partial charge in [-0.3, -0.25) is 9.78 Å². The molecule has 1 amide bonds. The van der Waals surface area contributed by atoms with Gasteiger partial charge in [-0.05, 0) is 49.4 Å². The number of nitrogens with zero attached hydrogens (tertiary/aromatic N) is 2. The Labute approximate surface area is 141 Å². The van der Waals surface area contributed by atoms with Gasteiger partial charge < -0.3 is 9.64 Å². The number of hydrogen-bond donors (Lipinski definition) is 0. The minimum Gasteiger partial charge on any atom is -0.493 e. The molecule has 2 aromatic rings. The zero-order valence-corrected chi connectivity index (χ0v) is 13.5. The lowest BCUT2D eigenvalue weighted by Gasteiger charge is -2.32.